The minimum Gasteiger partial charge on any atom is -0.0838 e. The minimum absolute atomic E-state index is 0.370. The van der Waals surface area contributed by atoms with Crippen LogP contribution < -0.4 is 0 Å². The summed E-state index contributed by atoms with van der Waals surface area (Å²) in [6.07, 6.45) is 1.03. The lowest BCUT2D eigenvalue weighted by Gasteiger charge is -2.10. The maximum absolute atomic E-state index is 3.63. The molecule has 1 atom stereocenters. The summed E-state index contributed by atoms with van der Waals surface area (Å²) in [5, 5.41) is 0. The number of rotatable bonds is 3. The van der Waals surface area contributed by atoms with Crippen molar-refractivity contribution in [2.24, 2.45) is 0 Å². The van der Waals surface area contributed by atoms with E-state index in [9.17, 15) is 0 Å². The number of halogens is 3. The summed E-state index contributed by atoms with van der Waals surface area (Å²) < 4.78 is 0.370. The second-order valence-electron chi connectivity index (χ2n) is 2.51. The van der Waals surface area contributed by atoms with E-state index in [4.69, 9.17) is 0 Å². The molecule has 0 aliphatic rings. The zero-order valence-corrected chi connectivity index (χ0v) is 11.1. The Morgan fingerprint density at radius 1 is 1.00 bits per heavy atom. The molecule has 66 valence electrons. The van der Waals surface area contributed by atoms with Crippen molar-refractivity contribution < 1.29 is 0 Å². The van der Waals surface area contributed by atoms with Crippen molar-refractivity contribution in [1.82, 2.24) is 0 Å². The van der Waals surface area contributed by atoms with Crippen molar-refractivity contribution in [3.8, 4) is 0 Å². The molecule has 3 heteroatoms. The number of hydrogen-bond donors (Lipinski definition) is 0. The summed E-state index contributed by atoms with van der Waals surface area (Å²) in [6, 6.07) is 10.4. The summed E-state index contributed by atoms with van der Waals surface area (Å²) in [5.74, 6) is 0. The third kappa shape index (κ3) is 3.58. The zero-order chi connectivity index (χ0) is 8.97. The highest BCUT2D eigenvalue weighted by Gasteiger charge is 2.09. The van der Waals surface area contributed by atoms with Gasteiger partial charge in [-0.05, 0) is 12.0 Å². The fourth-order valence-electron chi connectivity index (χ4n) is 0.954. The van der Waals surface area contributed by atoms with Crippen LogP contribution in [0.1, 0.15) is 16.8 Å². The molecule has 0 spiro atoms. The van der Waals surface area contributed by atoms with Crippen LogP contribution in [0.3, 0.4) is 0 Å². The van der Waals surface area contributed by atoms with Gasteiger partial charge in [0, 0.05) is 4.83 Å². The van der Waals surface area contributed by atoms with Crippen LogP contribution >= 0.6 is 47.8 Å². The van der Waals surface area contributed by atoms with E-state index in [1.165, 1.54) is 5.56 Å². The van der Waals surface area contributed by atoms with E-state index in [1.54, 1.807) is 0 Å². The molecule has 0 saturated carbocycles. The van der Waals surface area contributed by atoms with Crippen LogP contribution in [0.25, 0.3) is 0 Å². The molecule has 0 aromatic heterocycles. The van der Waals surface area contributed by atoms with Crippen LogP contribution in [0.2, 0.25) is 0 Å². The van der Waals surface area contributed by atoms with Crippen LogP contribution in [0, 0.1) is 0 Å². The standard InChI is InChI=1S/C9H9Br3/c10-8(6-9(11)12)7-4-2-1-3-5-7/h1-5,8-9H,6H2. The van der Waals surface area contributed by atoms with Gasteiger partial charge in [0.2, 0.25) is 0 Å². The molecular weight excluding hydrogens is 348 g/mol. The molecular formula is C9H9Br3. The topological polar surface area (TPSA) is 0 Å². The van der Waals surface area contributed by atoms with Gasteiger partial charge in [0.1, 0.15) is 0 Å². The number of alkyl halides is 3. The molecule has 0 nitrogen and oxygen atoms in total. The molecule has 0 heterocycles. The van der Waals surface area contributed by atoms with E-state index in [2.05, 4.69) is 72.1 Å². The Bertz CT molecular complexity index is 220. The third-order valence-electron chi connectivity index (χ3n) is 1.55. The van der Waals surface area contributed by atoms with Gasteiger partial charge < -0.3 is 0 Å². The average Bonchev–Trinajstić information content (AvgIpc) is 2.05. The van der Waals surface area contributed by atoms with Gasteiger partial charge in [0.25, 0.3) is 0 Å². The first-order chi connectivity index (χ1) is 5.70. The van der Waals surface area contributed by atoms with Crippen LogP contribution in [-0.2, 0) is 0 Å². The lowest BCUT2D eigenvalue weighted by molar-refractivity contribution is 0.908. The fraction of sp³-hybridized carbons (Fsp3) is 0.333. The monoisotopic (exact) mass is 354 g/mol. The fourth-order valence-corrected chi connectivity index (χ4v) is 3.38. The molecule has 0 aliphatic heterocycles. The van der Waals surface area contributed by atoms with Gasteiger partial charge in [-0.3, -0.25) is 0 Å². The number of benzene rings is 1. The summed E-state index contributed by atoms with van der Waals surface area (Å²) in [4.78, 5) is 0.419. The Kier molecular flexibility index (Phi) is 4.84. The highest BCUT2D eigenvalue weighted by molar-refractivity contribution is 9.24. The first-order valence-corrected chi connectivity index (χ1v) is 6.42. The zero-order valence-electron chi connectivity index (χ0n) is 6.38. The summed E-state index contributed by atoms with van der Waals surface area (Å²) >= 11 is 10.5. The Balaban J connectivity index is 2.59. The van der Waals surface area contributed by atoms with Gasteiger partial charge in [0.05, 0.1) is 3.74 Å². The van der Waals surface area contributed by atoms with E-state index >= 15 is 0 Å². The molecule has 1 aromatic rings. The predicted octanol–water partition coefficient (Wildman–Crippen LogP) is 4.63. The van der Waals surface area contributed by atoms with Crippen LogP contribution in [0.5, 0.6) is 0 Å². The van der Waals surface area contributed by atoms with Crippen molar-refractivity contribution >= 4 is 47.8 Å². The largest absolute Gasteiger partial charge is 0.0838 e. The van der Waals surface area contributed by atoms with E-state index in [-0.39, 0.29) is 0 Å². The molecule has 0 N–H and O–H groups in total. The van der Waals surface area contributed by atoms with Gasteiger partial charge in [0.15, 0.2) is 0 Å². The van der Waals surface area contributed by atoms with Gasteiger partial charge in [-0.15, -0.1) is 0 Å². The molecule has 0 bridgehead atoms. The highest BCUT2D eigenvalue weighted by atomic mass is 79.9. The van der Waals surface area contributed by atoms with Crippen molar-refractivity contribution in [3.63, 3.8) is 0 Å². The Morgan fingerprint density at radius 3 is 2.08 bits per heavy atom. The van der Waals surface area contributed by atoms with E-state index in [0.717, 1.165) is 6.42 Å². The lowest BCUT2D eigenvalue weighted by atomic mass is 10.1. The molecule has 12 heavy (non-hydrogen) atoms. The summed E-state index contributed by atoms with van der Waals surface area (Å²) in [6.45, 7) is 0. The van der Waals surface area contributed by atoms with Crippen LogP contribution in [0.4, 0.5) is 0 Å². The summed E-state index contributed by atoms with van der Waals surface area (Å²) in [7, 11) is 0. The highest BCUT2D eigenvalue weighted by Crippen LogP contribution is 2.31. The normalized spacial score (nSPS) is 13.3. The molecule has 0 saturated heterocycles. The SMILES string of the molecule is BrC(Br)CC(Br)c1ccccc1. The first kappa shape index (κ1) is 10.7. The van der Waals surface area contributed by atoms with Crippen molar-refractivity contribution in [2.45, 2.75) is 15.0 Å². The van der Waals surface area contributed by atoms with Gasteiger partial charge in [-0.25, -0.2) is 0 Å². The van der Waals surface area contributed by atoms with Crippen molar-refractivity contribution in [2.75, 3.05) is 0 Å². The molecule has 0 aliphatic carbocycles. The lowest BCUT2D eigenvalue weighted by Crippen LogP contribution is -1.94. The molecule has 0 fully saturated rings. The molecule has 1 rings (SSSR count). The van der Waals surface area contributed by atoms with E-state index in [1.807, 2.05) is 6.07 Å². The van der Waals surface area contributed by atoms with Crippen molar-refractivity contribution in [3.05, 3.63) is 35.9 Å². The first-order valence-electron chi connectivity index (χ1n) is 3.67. The van der Waals surface area contributed by atoms with Crippen LogP contribution in [-0.4, -0.2) is 3.74 Å². The molecule has 1 aromatic carbocycles. The van der Waals surface area contributed by atoms with E-state index < -0.39 is 0 Å². The van der Waals surface area contributed by atoms with Crippen LogP contribution in [0.15, 0.2) is 30.3 Å². The van der Waals surface area contributed by atoms with Gasteiger partial charge >= 0.3 is 0 Å². The Morgan fingerprint density at radius 2 is 1.58 bits per heavy atom. The van der Waals surface area contributed by atoms with Crippen molar-refractivity contribution in [1.29, 1.82) is 0 Å². The Hall–Kier alpha value is 0.660. The average molecular weight is 357 g/mol. The second kappa shape index (κ2) is 5.40. The van der Waals surface area contributed by atoms with E-state index in [0.29, 0.717) is 8.56 Å². The maximum atomic E-state index is 3.63. The summed E-state index contributed by atoms with van der Waals surface area (Å²) in [5.41, 5.74) is 1.32. The quantitative estimate of drug-likeness (QED) is 0.693. The minimum atomic E-state index is 0.370. The molecule has 0 amide bonds. The van der Waals surface area contributed by atoms with Gasteiger partial charge in [-0.2, -0.15) is 0 Å². The number of hydrogen-bond acceptors (Lipinski definition) is 0. The smallest absolute Gasteiger partial charge is 0.0711 e. The molecule has 0 radical (unpaired) electrons. The second-order valence-corrected chi connectivity index (χ2v) is 7.05. The molecule has 1 unspecified atom stereocenters. The maximum Gasteiger partial charge on any atom is 0.0711 e. The third-order valence-corrected chi connectivity index (χ3v) is 3.20. The van der Waals surface area contributed by atoms with Gasteiger partial charge in [-0.1, -0.05) is 78.1 Å². The predicted molar refractivity (Wildman–Crippen MR) is 64.4 cm³/mol. The Labute approximate surface area is 98.1 Å².